The molecule has 0 aliphatic rings. The van der Waals surface area contributed by atoms with Crippen molar-refractivity contribution in [2.45, 2.75) is 45.5 Å². The van der Waals surface area contributed by atoms with Gasteiger partial charge in [0.15, 0.2) is 0 Å². The van der Waals surface area contributed by atoms with E-state index in [9.17, 15) is 22.4 Å². The van der Waals surface area contributed by atoms with Crippen molar-refractivity contribution in [3.63, 3.8) is 0 Å². The number of carbonyl (C=O) groups is 1. The number of benzene rings is 1. The van der Waals surface area contributed by atoms with Gasteiger partial charge < -0.3 is 10.6 Å². The minimum atomic E-state index is -4.77. The number of hydrogen-bond donors (Lipinski definition) is 2. The molecule has 0 bridgehead atoms. The lowest BCUT2D eigenvalue weighted by Gasteiger charge is -2.19. The van der Waals surface area contributed by atoms with E-state index in [2.05, 4.69) is 10.6 Å². The summed E-state index contributed by atoms with van der Waals surface area (Å²) in [5, 5.41) is 5.34. The molecular weight excluding hydrogens is 288 g/mol. The van der Waals surface area contributed by atoms with Gasteiger partial charge in [-0.1, -0.05) is 6.92 Å². The van der Waals surface area contributed by atoms with E-state index >= 15 is 0 Å². The van der Waals surface area contributed by atoms with Crippen LogP contribution in [0.5, 0.6) is 0 Å². The monoisotopic (exact) mass is 306 g/mol. The van der Waals surface area contributed by atoms with Crippen LogP contribution in [0, 0.1) is 5.82 Å². The van der Waals surface area contributed by atoms with Crippen molar-refractivity contribution in [2.75, 3.05) is 5.32 Å². The summed E-state index contributed by atoms with van der Waals surface area (Å²) in [6.07, 6.45) is -4.03. The zero-order chi connectivity index (χ0) is 16.2. The first-order chi connectivity index (χ1) is 9.65. The molecule has 2 atom stereocenters. The molecule has 1 rings (SSSR count). The normalized spacial score (nSPS) is 14.4. The van der Waals surface area contributed by atoms with E-state index < -0.39 is 23.6 Å². The van der Waals surface area contributed by atoms with Crippen LogP contribution in [0.3, 0.4) is 0 Å². The fourth-order valence-electron chi connectivity index (χ4n) is 1.62. The van der Waals surface area contributed by atoms with Crippen LogP contribution in [0.1, 0.15) is 32.8 Å². The molecule has 3 nitrogen and oxygen atoms in total. The number of rotatable bonds is 5. The summed E-state index contributed by atoms with van der Waals surface area (Å²) in [5.41, 5.74) is -1.32. The van der Waals surface area contributed by atoms with Crippen molar-refractivity contribution < 1.29 is 22.4 Å². The molecular formula is C14H18F4N2O. The number of alkyl halides is 3. The van der Waals surface area contributed by atoms with Crippen LogP contribution in [0.2, 0.25) is 0 Å². The lowest BCUT2D eigenvalue weighted by molar-refractivity contribution is -0.139. The largest absolute Gasteiger partial charge is 0.419 e. The molecule has 2 unspecified atom stereocenters. The molecule has 0 heterocycles. The van der Waals surface area contributed by atoms with Gasteiger partial charge >= 0.3 is 6.18 Å². The quantitative estimate of drug-likeness (QED) is 0.817. The molecule has 1 aromatic carbocycles. The second-order valence-corrected chi connectivity index (χ2v) is 4.88. The van der Waals surface area contributed by atoms with Crippen molar-refractivity contribution in [3.8, 4) is 0 Å². The predicted octanol–water partition coefficient (Wildman–Crippen LogP) is 3.56. The number of amides is 1. The van der Waals surface area contributed by atoms with Crippen LogP contribution in [0.15, 0.2) is 18.2 Å². The molecule has 0 fully saturated rings. The average Bonchev–Trinajstić information content (AvgIpc) is 2.39. The standard InChI is InChI=1S/C14H18F4N2O/c1-4-8(2)19-13(21)9(3)20-10-5-6-12(15)11(7-10)14(16,17)18/h5-9,20H,4H2,1-3H3,(H,19,21). The molecule has 0 aliphatic heterocycles. The zero-order valence-corrected chi connectivity index (χ0v) is 12.0. The van der Waals surface area contributed by atoms with E-state index in [1.807, 2.05) is 13.8 Å². The summed E-state index contributed by atoms with van der Waals surface area (Å²) < 4.78 is 50.9. The Bertz CT molecular complexity index is 502. The summed E-state index contributed by atoms with van der Waals surface area (Å²) in [7, 11) is 0. The lowest BCUT2D eigenvalue weighted by Crippen LogP contribution is -2.41. The Morgan fingerprint density at radius 1 is 1.29 bits per heavy atom. The second kappa shape index (κ2) is 6.78. The molecule has 0 radical (unpaired) electrons. The average molecular weight is 306 g/mol. The smallest absolute Gasteiger partial charge is 0.374 e. The first-order valence-electron chi connectivity index (χ1n) is 6.58. The maximum Gasteiger partial charge on any atom is 0.419 e. The van der Waals surface area contributed by atoms with Gasteiger partial charge in [0, 0.05) is 11.7 Å². The van der Waals surface area contributed by atoms with E-state index in [0.717, 1.165) is 18.6 Å². The van der Waals surface area contributed by atoms with E-state index in [1.165, 1.54) is 6.92 Å². The Balaban J connectivity index is 2.82. The molecule has 0 aromatic heterocycles. The molecule has 1 amide bonds. The van der Waals surface area contributed by atoms with Crippen molar-refractivity contribution in [3.05, 3.63) is 29.6 Å². The maximum atomic E-state index is 13.2. The Morgan fingerprint density at radius 3 is 2.43 bits per heavy atom. The summed E-state index contributed by atoms with van der Waals surface area (Å²) in [5.74, 6) is -1.67. The van der Waals surface area contributed by atoms with E-state index in [0.29, 0.717) is 6.07 Å². The summed E-state index contributed by atoms with van der Waals surface area (Å²) in [6.45, 7) is 5.25. The van der Waals surface area contributed by atoms with Crippen LogP contribution in [0.25, 0.3) is 0 Å². The fourth-order valence-corrected chi connectivity index (χ4v) is 1.62. The SMILES string of the molecule is CCC(C)NC(=O)C(C)Nc1ccc(F)c(C(F)(F)F)c1. The molecule has 0 saturated heterocycles. The van der Waals surface area contributed by atoms with Crippen LogP contribution in [-0.4, -0.2) is 18.0 Å². The summed E-state index contributed by atoms with van der Waals surface area (Å²) in [6, 6.07) is 1.79. The van der Waals surface area contributed by atoms with Gasteiger partial charge in [0.05, 0.1) is 5.56 Å². The molecule has 118 valence electrons. The summed E-state index contributed by atoms with van der Waals surface area (Å²) >= 11 is 0. The van der Waals surface area contributed by atoms with Crippen LogP contribution in [0.4, 0.5) is 23.2 Å². The number of nitrogens with one attached hydrogen (secondary N) is 2. The van der Waals surface area contributed by atoms with Crippen molar-refractivity contribution in [2.24, 2.45) is 0 Å². The van der Waals surface area contributed by atoms with Crippen LogP contribution < -0.4 is 10.6 Å². The molecule has 2 N–H and O–H groups in total. The third-order valence-corrected chi connectivity index (χ3v) is 3.05. The highest BCUT2D eigenvalue weighted by Crippen LogP contribution is 2.33. The molecule has 1 aromatic rings. The fraction of sp³-hybridized carbons (Fsp3) is 0.500. The van der Waals surface area contributed by atoms with Crippen molar-refractivity contribution in [1.29, 1.82) is 0 Å². The number of carbonyl (C=O) groups excluding carboxylic acids is 1. The molecule has 0 saturated carbocycles. The van der Waals surface area contributed by atoms with Crippen molar-refractivity contribution in [1.82, 2.24) is 5.32 Å². The lowest BCUT2D eigenvalue weighted by atomic mass is 10.1. The van der Waals surface area contributed by atoms with Crippen molar-refractivity contribution >= 4 is 11.6 Å². The highest BCUT2D eigenvalue weighted by atomic mass is 19.4. The van der Waals surface area contributed by atoms with Gasteiger partial charge in [0.1, 0.15) is 11.9 Å². The molecule has 7 heteroatoms. The third-order valence-electron chi connectivity index (χ3n) is 3.05. The van der Waals surface area contributed by atoms with Crippen LogP contribution >= 0.6 is 0 Å². The Morgan fingerprint density at radius 2 is 1.90 bits per heavy atom. The van der Waals surface area contributed by atoms with Gasteiger partial charge in [0.2, 0.25) is 5.91 Å². The predicted molar refractivity (Wildman–Crippen MR) is 72.4 cm³/mol. The summed E-state index contributed by atoms with van der Waals surface area (Å²) in [4.78, 5) is 11.8. The molecule has 0 aliphatic carbocycles. The van der Waals surface area contributed by atoms with Gasteiger partial charge in [-0.2, -0.15) is 13.2 Å². The van der Waals surface area contributed by atoms with Gasteiger partial charge in [-0.05, 0) is 38.5 Å². The van der Waals surface area contributed by atoms with Gasteiger partial charge in [-0.25, -0.2) is 4.39 Å². The highest BCUT2D eigenvalue weighted by Gasteiger charge is 2.34. The Kier molecular flexibility index (Phi) is 5.57. The first-order valence-corrected chi connectivity index (χ1v) is 6.58. The topological polar surface area (TPSA) is 41.1 Å². The minimum Gasteiger partial charge on any atom is -0.374 e. The van der Waals surface area contributed by atoms with E-state index in [-0.39, 0.29) is 17.6 Å². The number of hydrogen-bond acceptors (Lipinski definition) is 2. The Labute approximate surface area is 120 Å². The van der Waals surface area contributed by atoms with Gasteiger partial charge in [-0.3, -0.25) is 4.79 Å². The number of halogens is 4. The highest BCUT2D eigenvalue weighted by molar-refractivity contribution is 5.84. The zero-order valence-electron chi connectivity index (χ0n) is 12.0. The van der Waals surface area contributed by atoms with Crippen LogP contribution in [-0.2, 0) is 11.0 Å². The maximum absolute atomic E-state index is 13.2. The number of anilines is 1. The van der Waals surface area contributed by atoms with Gasteiger partial charge in [-0.15, -0.1) is 0 Å². The Hall–Kier alpha value is -1.79. The molecule has 0 spiro atoms. The first kappa shape index (κ1) is 17.3. The third kappa shape index (κ3) is 4.91. The second-order valence-electron chi connectivity index (χ2n) is 4.88. The van der Waals surface area contributed by atoms with E-state index in [1.54, 1.807) is 0 Å². The van der Waals surface area contributed by atoms with E-state index in [4.69, 9.17) is 0 Å². The minimum absolute atomic E-state index is 0.0271. The van der Waals surface area contributed by atoms with Gasteiger partial charge in [0.25, 0.3) is 0 Å². The molecule has 21 heavy (non-hydrogen) atoms.